The van der Waals surface area contributed by atoms with E-state index in [1.165, 1.54) is 23.3 Å². The molecule has 0 aliphatic rings. The number of carbonyl (C=O) groups is 2. The molecule has 1 aromatic heterocycles. The van der Waals surface area contributed by atoms with Crippen molar-refractivity contribution in [3.63, 3.8) is 0 Å². The Morgan fingerprint density at radius 2 is 1.97 bits per heavy atom. The second-order valence-corrected chi connectivity index (χ2v) is 10.9. The van der Waals surface area contributed by atoms with E-state index in [2.05, 4.69) is 20.0 Å². The maximum absolute atomic E-state index is 12.7. The van der Waals surface area contributed by atoms with Crippen molar-refractivity contribution in [2.45, 2.75) is 62.8 Å². The molecule has 2 rings (SSSR count). The zero-order valence-electron chi connectivity index (χ0n) is 17.4. The van der Waals surface area contributed by atoms with Crippen LogP contribution in [0.2, 0.25) is 0 Å². The van der Waals surface area contributed by atoms with Crippen molar-refractivity contribution in [2.24, 2.45) is 5.41 Å². The summed E-state index contributed by atoms with van der Waals surface area (Å²) in [7, 11) is 0. The largest absolute Gasteiger partial charge is 0.326 e. The Balaban J connectivity index is 1.98. The molecule has 2 aromatic rings. The van der Waals surface area contributed by atoms with Gasteiger partial charge in [-0.1, -0.05) is 52.4 Å². The maximum Gasteiger partial charge on any atom is 0.239 e. The molecular formula is C20H28N4O2S3. The predicted molar refractivity (Wildman–Crippen MR) is 124 cm³/mol. The summed E-state index contributed by atoms with van der Waals surface area (Å²) < 4.78 is 4.22. The highest BCUT2D eigenvalue weighted by atomic mass is 32.2. The number of hydrogen-bond donors (Lipinski definition) is 2. The van der Waals surface area contributed by atoms with Crippen LogP contribution in [0.25, 0.3) is 0 Å². The van der Waals surface area contributed by atoms with Crippen molar-refractivity contribution in [3.05, 3.63) is 24.3 Å². The van der Waals surface area contributed by atoms with Crippen LogP contribution in [-0.2, 0) is 9.59 Å². The van der Waals surface area contributed by atoms with E-state index in [0.29, 0.717) is 23.1 Å². The van der Waals surface area contributed by atoms with Crippen LogP contribution in [-0.4, -0.2) is 32.2 Å². The molecule has 0 fully saturated rings. The summed E-state index contributed by atoms with van der Waals surface area (Å²) in [6, 6.07) is 7.60. The predicted octanol–water partition coefficient (Wildman–Crippen LogP) is 5.53. The first kappa shape index (κ1) is 23.7. The van der Waals surface area contributed by atoms with Crippen LogP contribution in [0.4, 0.5) is 10.8 Å². The third-order valence-electron chi connectivity index (χ3n) is 3.66. The lowest BCUT2D eigenvalue weighted by Gasteiger charge is -2.18. The normalized spacial score (nSPS) is 12.4. The topological polar surface area (TPSA) is 84.0 Å². The Morgan fingerprint density at radius 1 is 1.21 bits per heavy atom. The van der Waals surface area contributed by atoms with Gasteiger partial charge in [-0.05, 0) is 35.8 Å². The minimum Gasteiger partial charge on any atom is -0.326 e. The summed E-state index contributed by atoms with van der Waals surface area (Å²) in [5, 5.41) is 6.76. The van der Waals surface area contributed by atoms with E-state index in [-0.39, 0.29) is 22.5 Å². The zero-order valence-corrected chi connectivity index (χ0v) is 19.9. The van der Waals surface area contributed by atoms with Gasteiger partial charge in [0.15, 0.2) is 0 Å². The summed E-state index contributed by atoms with van der Waals surface area (Å²) in [5.74, 6) is 0.783. The van der Waals surface area contributed by atoms with E-state index in [0.717, 1.165) is 16.3 Å². The molecule has 0 bridgehead atoms. The van der Waals surface area contributed by atoms with Gasteiger partial charge in [0.25, 0.3) is 0 Å². The van der Waals surface area contributed by atoms with Crippen molar-refractivity contribution < 1.29 is 9.59 Å². The lowest BCUT2D eigenvalue weighted by Crippen LogP contribution is -2.24. The number of nitrogens with zero attached hydrogens (tertiary/aromatic N) is 2. The van der Waals surface area contributed by atoms with Gasteiger partial charge in [-0.3, -0.25) is 14.9 Å². The van der Waals surface area contributed by atoms with Gasteiger partial charge in [0, 0.05) is 28.5 Å². The third kappa shape index (κ3) is 8.36. The highest BCUT2D eigenvalue weighted by Gasteiger charge is 2.20. The summed E-state index contributed by atoms with van der Waals surface area (Å²) in [6.45, 7) is 10.1. The van der Waals surface area contributed by atoms with Crippen LogP contribution in [0.3, 0.4) is 0 Å². The Hall–Kier alpha value is -1.58. The van der Waals surface area contributed by atoms with Crippen molar-refractivity contribution >= 4 is 57.7 Å². The van der Waals surface area contributed by atoms with Crippen LogP contribution in [0.15, 0.2) is 34.3 Å². The van der Waals surface area contributed by atoms with Crippen LogP contribution < -0.4 is 10.6 Å². The molecule has 0 saturated heterocycles. The van der Waals surface area contributed by atoms with Crippen molar-refractivity contribution in [1.29, 1.82) is 0 Å². The van der Waals surface area contributed by atoms with Crippen molar-refractivity contribution in [2.75, 3.05) is 16.4 Å². The van der Waals surface area contributed by atoms with Crippen LogP contribution in [0.5, 0.6) is 0 Å². The first-order valence-corrected chi connectivity index (χ1v) is 12.2. The molecule has 2 N–H and O–H groups in total. The number of anilines is 2. The molecular weight excluding hydrogens is 424 g/mol. The Bertz CT molecular complexity index is 833. The van der Waals surface area contributed by atoms with Gasteiger partial charge in [0.05, 0.1) is 5.25 Å². The number of thioether (sulfide) groups is 2. The van der Waals surface area contributed by atoms with E-state index in [1.807, 2.05) is 58.9 Å². The monoisotopic (exact) mass is 452 g/mol. The Morgan fingerprint density at radius 3 is 2.62 bits per heavy atom. The van der Waals surface area contributed by atoms with E-state index in [1.54, 1.807) is 11.8 Å². The van der Waals surface area contributed by atoms with Crippen molar-refractivity contribution in [3.8, 4) is 0 Å². The van der Waals surface area contributed by atoms with Crippen LogP contribution >= 0.6 is 35.1 Å². The quantitative estimate of drug-likeness (QED) is 0.486. The van der Waals surface area contributed by atoms with E-state index in [9.17, 15) is 9.59 Å². The fraction of sp³-hybridized carbons (Fsp3) is 0.500. The molecule has 158 valence electrons. The van der Waals surface area contributed by atoms with E-state index in [4.69, 9.17) is 0 Å². The van der Waals surface area contributed by atoms with E-state index >= 15 is 0 Å². The summed E-state index contributed by atoms with van der Waals surface area (Å²) in [5.41, 5.74) is 0.673. The molecule has 1 aromatic carbocycles. The van der Waals surface area contributed by atoms with Crippen LogP contribution in [0, 0.1) is 5.41 Å². The van der Waals surface area contributed by atoms with Gasteiger partial charge in [-0.2, -0.15) is 9.36 Å². The van der Waals surface area contributed by atoms with Gasteiger partial charge >= 0.3 is 0 Å². The minimum atomic E-state index is -0.262. The molecule has 1 unspecified atom stereocenters. The van der Waals surface area contributed by atoms with E-state index < -0.39 is 0 Å². The zero-order chi connectivity index (χ0) is 21.4. The first-order valence-electron chi connectivity index (χ1n) is 9.54. The van der Waals surface area contributed by atoms with Gasteiger partial charge in [-0.15, -0.1) is 11.8 Å². The standard InChI is InChI=1S/C20H28N4O2S3/c1-6-15(17(26)22-18-23-19(24-29-18)27-7-2)28-14-10-8-9-13(11-14)21-16(25)12-20(3,4)5/h8-11,15H,6-7,12H2,1-5H3,(H,21,25)(H,22,23,24,26). The minimum absolute atomic E-state index is 0.0125. The summed E-state index contributed by atoms with van der Waals surface area (Å²) >= 11 is 4.22. The number of amides is 2. The number of hydrogen-bond acceptors (Lipinski definition) is 7. The van der Waals surface area contributed by atoms with Gasteiger partial charge in [0.2, 0.25) is 22.1 Å². The van der Waals surface area contributed by atoms with Gasteiger partial charge in [0.1, 0.15) is 0 Å². The number of nitrogens with one attached hydrogen (secondary N) is 2. The van der Waals surface area contributed by atoms with Crippen molar-refractivity contribution in [1.82, 2.24) is 9.36 Å². The molecule has 29 heavy (non-hydrogen) atoms. The summed E-state index contributed by atoms with van der Waals surface area (Å²) in [4.78, 5) is 30.1. The molecule has 0 aliphatic carbocycles. The lowest BCUT2D eigenvalue weighted by atomic mass is 9.92. The second kappa shape index (κ2) is 11.0. The third-order valence-corrected chi connectivity index (χ3v) is 6.49. The average molecular weight is 453 g/mol. The number of rotatable bonds is 9. The highest BCUT2D eigenvalue weighted by Crippen LogP contribution is 2.29. The average Bonchev–Trinajstić information content (AvgIpc) is 3.05. The number of aromatic nitrogens is 2. The number of benzene rings is 1. The highest BCUT2D eigenvalue weighted by molar-refractivity contribution is 8.00. The van der Waals surface area contributed by atoms with Gasteiger partial charge in [-0.25, -0.2) is 0 Å². The molecule has 2 amide bonds. The molecule has 0 radical (unpaired) electrons. The Kier molecular flexibility index (Phi) is 8.98. The molecule has 0 spiro atoms. The molecule has 9 heteroatoms. The fourth-order valence-corrected chi connectivity index (χ4v) is 4.74. The van der Waals surface area contributed by atoms with Crippen LogP contribution in [0.1, 0.15) is 47.5 Å². The first-order chi connectivity index (χ1) is 13.7. The molecule has 1 heterocycles. The molecule has 0 saturated carbocycles. The van der Waals surface area contributed by atoms with Gasteiger partial charge < -0.3 is 5.32 Å². The smallest absolute Gasteiger partial charge is 0.239 e. The molecule has 6 nitrogen and oxygen atoms in total. The Labute approximate surface area is 185 Å². The number of carbonyl (C=O) groups excluding carboxylic acids is 2. The summed E-state index contributed by atoms with van der Waals surface area (Å²) in [6.07, 6.45) is 1.12. The molecule has 1 atom stereocenters. The molecule has 0 aliphatic heterocycles. The SMILES string of the molecule is CCSc1nsc(NC(=O)C(CC)Sc2cccc(NC(=O)CC(C)(C)C)c2)n1. The second-order valence-electron chi connectivity index (χ2n) is 7.63. The fourth-order valence-electron chi connectivity index (χ4n) is 2.45. The maximum atomic E-state index is 12.7. The lowest BCUT2D eigenvalue weighted by molar-refractivity contribution is -0.118.